The molecule has 1 amide bonds. The molecule has 0 radical (unpaired) electrons. The lowest BCUT2D eigenvalue weighted by molar-refractivity contribution is 0.0690. The predicted octanol–water partition coefficient (Wildman–Crippen LogP) is 0.442. The number of rotatable bonds is 5. The SMILES string of the molecule is Cc1ccn(C[C@@H](C)NC(=O)c2nn(C)cc2C(=O)O)n1. The van der Waals surface area contributed by atoms with Crippen LogP contribution < -0.4 is 5.32 Å². The summed E-state index contributed by atoms with van der Waals surface area (Å²) in [7, 11) is 1.57. The van der Waals surface area contributed by atoms with Gasteiger partial charge in [0.15, 0.2) is 5.69 Å². The highest BCUT2D eigenvalue weighted by Gasteiger charge is 2.22. The van der Waals surface area contributed by atoms with Crippen LogP contribution in [0.25, 0.3) is 0 Å². The second-order valence-electron chi connectivity index (χ2n) is 4.92. The van der Waals surface area contributed by atoms with Crippen LogP contribution in [-0.2, 0) is 13.6 Å². The number of amides is 1. The van der Waals surface area contributed by atoms with E-state index in [1.54, 1.807) is 11.7 Å². The van der Waals surface area contributed by atoms with Crippen LogP contribution in [0.15, 0.2) is 18.5 Å². The van der Waals surface area contributed by atoms with E-state index in [9.17, 15) is 9.59 Å². The molecule has 0 unspecified atom stereocenters. The molecule has 0 saturated heterocycles. The topological polar surface area (TPSA) is 102 Å². The predicted molar refractivity (Wildman–Crippen MR) is 74.1 cm³/mol. The molecule has 2 heterocycles. The Labute approximate surface area is 121 Å². The van der Waals surface area contributed by atoms with E-state index >= 15 is 0 Å². The summed E-state index contributed by atoms with van der Waals surface area (Å²) in [6.07, 6.45) is 3.13. The van der Waals surface area contributed by atoms with Gasteiger partial charge in [-0.25, -0.2) is 4.79 Å². The Bertz CT molecular complexity index is 673. The van der Waals surface area contributed by atoms with Crippen LogP contribution in [0.2, 0.25) is 0 Å². The number of hydrogen-bond acceptors (Lipinski definition) is 4. The summed E-state index contributed by atoms with van der Waals surface area (Å²) < 4.78 is 3.02. The molecule has 2 rings (SSSR count). The van der Waals surface area contributed by atoms with E-state index in [1.807, 2.05) is 26.1 Å². The normalized spacial score (nSPS) is 12.1. The number of aryl methyl sites for hydroxylation is 2. The molecule has 2 N–H and O–H groups in total. The number of carboxylic acid groups (broad SMARTS) is 1. The molecule has 1 atom stereocenters. The molecule has 0 aromatic carbocycles. The van der Waals surface area contributed by atoms with E-state index in [0.717, 1.165) is 5.69 Å². The Morgan fingerprint density at radius 1 is 1.43 bits per heavy atom. The van der Waals surface area contributed by atoms with Crippen molar-refractivity contribution in [3.63, 3.8) is 0 Å². The first-order valence-electron chi connectivity index (χ1n) is 6.44. The van der Waals surface area contributed by atoms with Gasteiger partial charge in [-0.05, 0) is 19.9 Å². The smallest absolute Gasteiger partial charge is 0.339 e. The Kier molecular flexibility index (Phi) is 4.06. The third kappa shape index (κ3) is 3.47. The summed E-state index contributed by atoms with van der Waals surface area (Å²) in [5, 5.41) is 19.9. The first kappa shape index (κ1) is 14.8. The van der Waals surface area contributed by atoms with Crippen molar-refractivity contribution in [3.8, 4) is 0 Å². The lowest BCUT2D eigenvalue weighted by Crippen LogP contribution is -2.36. The fraction of sp³-hybridized carbons (Fsp3) is 0.385. The highest BCUT2D eigenvalue weighted by atomic mass is 16.4. The number of hydrogen-bond donors (Lipinski definition) is 2. The molecule has 2 aromatic rings. The molecule has 0 aliphatic heterocycles. The summed E-state index contributed by atoms with van der Waals surface area (Å²) in [5.41, 5.74) is 0.692. The van der Waals surface area contributed by atoms with Crippen molar-refractivity contribution < 1.29 is 14.7 Å². The monoisotopic (exact) mass is 291 g/mol. The minimum absolute atomic E-state index is 0.0894. The molecule has 2 aromatic heterocycles. The van der Waals surface area contributed by atoms with Crippen LogP contribution in [0.4, 0.5) is 0 Å². The lowest BCUT2D eigenvalue weighted by Gasteiger charge is -2.13. The highest BCUT2D eigenvalue weighted by molar-refractivity contribution is 6.03. The van der Waals surface area contributed by atoms with E-state index in [1.165, 1.54) is 10.9 Å². The molecule has 0 saturated carbocycles. The minimum atomic E-state index is -1.18. The minimum Gasteiger partial charge on any atom is -0.478 e. The van der Waals surface area contributed by atoms with Gasteiger partial charge in [-0.2, -0.15) is 10.2 Å². The molecule has 0 aliphatic carbocycles. The van der Waals surface area contributed by atoms with E-state index in [4.69, 9.17) is 5.11 Å². The largest absolute Gasteiger partial charge is 0.478 e. The number of carbonyl (C=O) groups excluding carboxylic acids is 1. The summed E-state index contributed by atoms with van der Waals surface area (Å²) in [5.74, 6) is -1.69. The molecule has 0 fully saturated rings. The summed E-state index contributed by atoms with van der Waals surface area (Å²) >= 11 is 0. The Morgan fingerprint density at radius 2 is 2.14 bits per heavy atom. The molecule has 112 valence electrons. The third-order valence-electron chi connectivity index (χ3n) is 2.89. The number of carbonyl (C=O) groups is 2. The number of aromatic nitrogens is 4. The Morgan fingerprint density at radius 3 is 2.71 bits per heavy atom. The van der Waals surface area contributed by atoms with Crippen molar-refractivity contribution in [2.75, 3.05) is 0 Å². The van der Waals surface area contributed by atoms with E-state index in [0.29, 0.717) is 6.54 Å². The fourth-order valence-corrected chi connectivity index (χ4v) is 2.00. The van der Waals surface area contributed by atoms with E-state index in [2.05, 4.69) is 15.5 Å². The van der Waals surface area contributed by atoms with Gasteiger partial charge in [0.1, 0.15) is 5.56 Å². The summed E-state index contributed by atoms with van der Waals surface area (Å²) in [6.45, 7) is 4.19. The van der Waals surface area contributed by atoms with Gasteiger partial charge in [-0.15, -0.1) is 0 Å². The maximum Gasteiger partial charge on any atom is 0.339 e. The molecular formula is C13H17N5O3. The van der Waals surface area contributed by atoms with Crippen LogP contribution in [-0.4, -0.2) is 42.6 Å². The van der Waals surface area contributed by atoms with Crippen molar-refractivity contribution in [2.45, 2.75) is 26.4 Å². The van der Waals surface area contributed by atoms with E-state index in [-0.39, 0.29) is 17.3 Å². The summed E-state index contributed by atoms with van der Waals surface area (Å²) in [6, 6.07) is 1.66. The number of nitrogens with one attached hydrogen (secondary N) is 1. The summed E-state index contributed by atoms with van der Waals surface area (Å²) in [4.78, 5) is 23.2. The first-order chi connectivity index (χ1) is 9.86. The Hall–Kier alpha value is -2.64. The van der Waals surface area contributed by atoms with Crippen LogP contribution in [0.5, 0.6) is 0 Å². The number of carboxylic acids is 1. The zero-order valence-corrected chi connectivity index (χ0v) is 12.1. The number of aromatic carboxylic acids is 1. The highest BCUT2D eigenvalue weighted by Crippen LogP contribution is 2.07. The van der Waals surface area contributed by atoms with Crippen molar-refractivity contribution in [3.05, 3.63) is 35.4 Å². The third-order valence-corrected chi connectivity index (χ3v) is 2.89. The Balaban J connectivity index is 2.05. The second-order valence-corrected chi connectivity index (χ2v) is 4.92. The van der Waals surface area contributed by atoms with Crippen molar-refractivity contribution in [1.29, 1.82) is 0 Å². The van der Waals surface area contributed by atoms with Crippen molar-refractivity contribution in [1.82, 2.24) is 24.9 Å². The van der Waals surface area contributed by atoms with Crippen LogP contribution in [0.3, 0.4) is 0 Å². The zero-order valence-electron chi connectivity index (χ0n) is 12.1. The molecule has 8 nitrogen and oxygen atoms in total. The van der Waals surface area contributed by atoms with Gasteiger partial charge < -0.3 is 10.4 Å². The number of nitrogens with zero attached hydrogens (tertiary/aromatic N) is 4. The average Bonchev–Trinajstić information content (AvgIpc) is 2.95. The quantitative estimate of drug-likeness (QED) is 0.832. The van der Waals surface area contributed by atoms with Crippen molar-refractivity contribution >= 4 is 11.9 Å². The van der Waals surface area contributed by atoms with Crippen molar-refractivity contribution in [2.24, 2.45) is 7.05 Å². The molecule has 0 spiro atoms. The molecule has 0 aliphatic rings. The molecule has 8 heteroatoms. The fourth-order valence-electron chi connectivity index (χ4n) is 2.00. The average molecular weight is 291 g/mol. The lowest BCUT2D eigenvalue weighted by atomic mass is 10.2. The standard InChI is InChI=1S/C13H17N5O3/c1-8-4-5-18(15-8)6-9(2)14-12(19)11-10(13(20)21)7-17(3)16-11/h4-5,7,9H,6H2,1-3H3,(H,14,19)(H,20,21)/t9-/m1/s1. The van der Waals surface area contributed by atoms with Gasteiger partial charge in [0.05, 0.1) is 12.2 Å². The van der Waals surface area contributed by atoms with Gasteiger partial charge in [0.2, 0.25) is 0 Å². The van der Waals surface area contributed by atoms with Gasteiger partial charge in [0.25, 0.3) is 5.91 Å². The first-order valence-corrected chi connectivity index (χ1v) is 6.44. The van der Waals surface area contributed by atoms with Crippen LogP contribution >= 0.6 is 0 Å². The zero-order chi connectivity index (χ0) is 15.6. The maximum absolute atomic E-state index is 12.1. The second kappa shape index (κ2) is 5.78. The van der Waals surface area contributed by atoms with Gasteiger partial charge in [0, 0.05) is 25.5 Å². The van der Waals surface area contributed by atoms with Gasteiger partial charge in [-0.1, -0.05) is 0 Å². The van der Waals surface area contributed by atoms with Gasteiger partial charge in [-0.3, -0.25) is 14.2 Å². The van der Waals surface area contributed by atoms with E-state index < -0.39 is 11.9 Å². The van der Waals surface area contributed by atoms with Crippen LogP contribution in [0, 0.1) is 6.92 Å². The molecule has 0 bridgehead atoms. The molecule has 21 heavy (non-hydrogen) atoms. The molecular weight excluding hydrogens is 274 g/mol. The maximum atomic E-state index is 12.1. The van der Waals surface area contributed by atoms with Crippen LogP contribution in [0.1, 0.15) is 33.5 Å². The van der Waals surface area contributed by atoms with Gasteiger partial charge >= 0.3 is 5.97 Å².